The van der Waals surface area contributed by atoms with Crippen molar-refractivity contribution >= 4 is 14.6 Å². The third kappa shape index (κ3) is 3.30. The Labute approximate surface area is 83.8 Å². The minimum atomic E-state index is -1.74. The van der Waals surface area contributed by atoms with Crippen LogP contribution < -0.4 is 4.43 Å². The van der Waals surface area contributed by atoms with Crippen molar-refractivity contribution in [3.05, 3.63) is 29.6 Å². The molecular weight excluding hydrogens is 199 g/mol. The molecule has 0 radical (unpaired) electrons. The van der Waals surface area contributed by atoms with Gasteiger partial charge in [0.25, 0.3) is 0 Å². The molecule has 0 atom stereocenters. The number of carbonyl (C=O) groups excluding carboxylic acids is 1. The van der Waals surface area contributed by atoms with E-state index in [0.29, 0.717) is 17.6 Å². The quantitative estimate of drug-likeness (QED) is 0.569. The highest BCUT2D eigenvalue weighted by molar-refractivity contribution is 6.70. The van der Waals surface area contributed by atoms with Gasteiger partial charge in [0.2, 0.25) is 8.32 Å². The Kier molecular flexibility index (Phi) is 3.05. The average molecular weight is 212 g/mol. The fourth-order valence-corrected chi connectivity index (χ4v) is 1.89. The molecule has 0 unspecified atom stereocenters. The van der Waals surface area contributed by atoms with E-state index in [1.165, 1.54) is 12.1 Å². The van der Waals surface area contributed by atoms with Crippen molar-refractivity contribution in [1.29, 1.82) is 0 Å². The lowest BCUT2D eigenvalue weighted by Gasteiger charge is -2.19. The van der Waals surface area contributed by atoms with Crippen LogP contribution in [-0.2, 0) is 0 Å². The predicted molar refractivity (Wildman–Crippen MR) is 55.8 cm³/mol. The van der Waals surface area contributed by atoms with Gasteiger partial charge in [0.1, 0.15) is 17.9 Å². The SMILES string of the molecule is C[Si](C)(C)Oc1cc(F)cc(C=O)c1. The second-order valence-corrected chi connectivity index (χ2v) is 8.48. The maximum atomic E-state index is 13.0. The monoisotopic (exact) mass is 212 g/mol. The van der Waals surface area contributed by atoms with Crippen molar-refractivity contribution in [2.24, 2.45) is 0 Å². The van der Waals surface area contributed by atoms with Crippen LogP contribution in [-0.4, -0.2) is 14.6 Å². The zero-order chi connectivity index (χ0) is 10.8. The Hall–Kier alpha value is -1.16. The third-order valence-electron chi connectivity index (χ3n) is 1.45. The van der Waals surface area contributed by atoms with E-state index in [1.54, 1.807) is 6.07 Å². The minimum absolute atomic E-state index is 0.304. The van der Waals surface area contributed by atoms with Crippen LogP contribution in [0.3, 0.4) is 0 Å². The number of benzene rings is 1. The van der Waals surface area contributed by atoms with Crippen LogP contribution in [0.1, 0.15) is 10.4 Å². The van der Waals surface area contributed by atoms with Crippen molar-refractivity contribution in [2.45, 2.75) is 19.6 Å². The van der Waals surface area contributed by atoms with E-state index in [-0.39, 0.29) is 0 Å². The molecule has 0 bridgehead atoms. The largest absolute Gasteiger partial charge is 0.544 e. The number of aldehydes is 1. The smallest absolute Gasteiger partial charge is 0.242 e. The third-order valence-corrected chi connectivity index (χ3v) is 2.30. The van der Waals surface area contributed by atoms with E-state index < -0.39 is 14.1 Å². The molecule has 0 saturated carbocycles. The molecule has 0 saturated heterocycles. The van der Waals surface area contributed by atoms with Crippen LogP contribution in [0.2, 0.25) is 19.6 Å². The highest BCUT2D eigenvalue weighted by Crippen LogP contribution is 2.19. The fraction of sp³-hybridized carbons (Fsp3) is 0.300. The Bertz CT molecular complexity index is 344. The average Bonchev–Trinajstić information content (AvgIpc) is 1.99. The van der Waals surface area contributed by atoms with Crippen molar-refractivity contribution < 1.29 is 13.6 Å². The van der Waals surface area contributed by atoms with E-state index >= 15 is 0 Å². The minimum Gasteiger partial charge on any atom is -0.544 e. The van der Waals surface area contributed by atoms with Gasteiger partial charge >= 0.3 is 0 Å². The van der Waals surface area contributed by atoms with Crippen molar-refractivity contribution in [3.8, 4) is 5.75 Å². The summed E-state index contributed by atoms with van der Waals surface area (Å²) in [6, 6.07) is 4.03. The van der Waals surface area contributed by atoms with Crippen LogP contribution in [0, 0.1) is 5.82 Å². The Morgan fingerprint density at radius 2 is 1.93 bits per heavy atom. The number of hydrogen-bond acceptors (Lipinski definition) is 2. The fourth-order valence-electron chi connectivity index (χ4n) is 1.06. The first-order valence-electron chi connectivity index (χ1n) is 4.35. The molecule has 0 aliphatic rings. The summed E-state index contributed by atoms with van der Waals surface area (Å²) >= 11 is 0. The number of hydrogen-bond donors (Lipinski definition) is 0. The van der Waals surface area contributed by atoms with Crippen LogP contribution in [0.4, 0.5) is 4.39 Å². The molecule has 2 nitrogen and oxygen atoms in total. The lowest BCUT2D eigenvalue weighted by atomic mass is 10.2. The normalized spacial score (nSPS) is 11.1. The van der Waals surface area contributed by atoms with Crippen molar-refractivity contribution in [2.75, 3.05) is 0 Å². The highest BCUT2D eigenvalue weighted by atomic mass is 28.4. The highest BCUT2D eigenvalue weighted by Gasteiger charge is 2.16. The first-order chi connectivity index (χ1) is 6.40. The van der Waals surface area contributed by atoms with Gasteiger partial charge in [-0.05, 0) is 31.8 Å². The summed E-state index contributed by atoms with van der Waals surface area (Å²) in [4.78, 5) is 10.5. The Morgan fingerprint density at radius 3 is 2.43 bits per heavy atom. The first kappa shape index (κ1) is 10.9. The van der Waals surface area contributed by atoms with Crippen LogP contribution in [0.15, 0.2) is 18.2 Å². The second-order valence-electron chi connectivity index (χ2n) is 4.05. The Balaban J connectivity index is 2.98. The molecule has 0 N–H and O–H groups in total. The predicted octanol–water partition coefficient (Wildman–Crippen LogP) is 2.85. The molecule has 0 aliphatic carbocycles. The van der Waals surface area contributed by atoms with Gasteiger partial charge in [-0.1, -0.05) is 0 Å². The summed E-state index contributed by atoms with van der Waals surface area (Å²) in [5.41, 5.74) is 0.304. The summed E-state index contributed by atoms with van der Waals surface area (Å²) < 4.78 is 18.5. The molecule has 14 heavy (non-hydrogen) atoms. The molecule has 0 aromatic heterocycles. The summed E-state index contributed by atoms with van der Waals surface area (Å²) in [5.74, 6) is -0.00545. The van der Waals surface area contributed by atoms with Crippen LogP contribution in [0.25, 0.3) is 0 Å². The maximum Gasteiger partial charge on any atom is 0.242 e. The van der Waals surface area contributed by atoms with Crippen LogP contribution in [0.5, 0.6) is 5.75 Å². The standard InChI is InChI=1S/C10H13FO2Si/c1-14(2,3)13-10-5-8(7-12)4-9(11)6-10/h4-7H,1-3H3. The van der Waals surface area contributed by atoms with E-state index in [1.807, 2.05) is 19.6 Å². The van der Waals surface area contributed by atoms with E-state index in [0.717, 1.165) is 0 Å². The topological polar surface area (TPSA) is 26.3 Å². The van der Waals surface area contributed by atoms with E-state index in [2.05, 4.69) is 0 Å². The molecule has 1 aromatic carbocycles. The zero-order valence-electron chi connectivity index (χ0n) is 8.50. The van der Waals surface area contributed by atoms with Crippen molar-refractivity contribution in [3.63, 3.8) is 0 Å². The number of rotatable bonds is 3. The molecule has 1 rings (SSSR count). The summed E-state index contributed by atoms with van der Waals surface area (Å²) in [5, 5.41) is 0. The molecule has 76 valence electrons. The van der Waals surface area contributed by atoms with Gasteiger partial charge in [0.05, 0.1) is 0 Å². The molecule has 0 amide bonds. The van der Waals surface area contributed by atoms with Gasteiger partial charge in [-0.2, -0.15) is 0 Å². The molecule has 4 heteroatoms. The van der Waals surface area contributed by atoms with Crippen molar-refractivity contribution in [1.82, 2.24) is 0 Å². The molecule has 0 spiro atoms. The summed E-state index contributed by atoms with van der Waals surface area (Å²) in [7, 11) is -1.74. The zero-order valence-corrected chi connectivity index (χ0v) is 9.50. The van der Waals surface area contributed by atoms with Gasteiger partial charge in [-0.3, -0.25) is 4.79 Å². The molecule has 1 aromatic rings. The molecule has 0 fully saturated rings. The van der Waals surface area contributed by atoms with Crippen LogP contribution >= 0.6 is 0 Å². The molecule has 0 heterocycles. The molecular formula is C10H13FO2Si. The summed E-state index contributed by atoms with van der Waals surface area (Å²) in [6.07, 6.45) is 0.611. The van der Waals surface area contributed by atoms with Gasteiger partial charge in [-0.15, -0.1) is 0 Å². The van der Waals surface area contributed by atoms with E-state index in [4.69, 9.17) is 4.43 Å². The first-order valence-corrected chi connectivity index (χ1v) is 7.76. The maximum absolute atomic E-state index is 13.0. The lowest BCUT2D eigenvalue weighted by molar-refractivity contribution is 0.112. The molecule has 0 aliphatic heterocycles. The Morgan fingerprint density at radius 1 is 1.29 bits per heavy atom. The van der Waals surface area contributed by atoms with Gasteiger partial charge < -0.3 is 4.43 Å². The number of halogens is 1. The van der Waals surface area contributed by atoms with Gasteiger partial charge in [-0.25, -0.2) is 4.39 Å². The van der Waals surface area contributed by atoms with Gasteiger partial charge in [0.15, 0.2) is 0 Å². The van der Waals surface area contributed by atoms with E-state index in [9.17, 15) is 9.18 Å². The second kappa shape index (κ2) is 3.92. The van der Waals surface area contributed by atoms with Gasteiger partial charge in [0, 0.05) is 11.6 Å². The number of carbonyl (C=O) groups is 1. The summed E-state index contributed by atoms with van der Waals surface area (Å²) in [6.45, 7) is 6.00. The lowest BCUT2D eigenvalue weighted by Crippen LogP contribution is -2.29.